The van der Waals surface area contributed by atoms with E-state index in [0.717, 1.165) is 50.3 Å². The molecule has 22 heavy (non-hydrogen) atoms. The molecule has 0 heterocycles. The Morgan fingerprint density at radius 3 is 2.14 bits per heavy atom. The van der Waals surface area contributed by atoms with E-state index >= 15 is 0 Å². The van der Waals surface area contributed by atoms with Gasteiger partial charge in [0.15, 0.2) is 17.5 Å². The Balaban J connectivity index is 1.89. The van der Waals surface area contributed by atoms with Crippen LogP contribution in [0, 0.1) is 23.4 Å². The molecule has 0 amide bonds. The topological polar surface area (TPSA) is 15.3 Å². The fourth-order valence-electron chi connectivity index (χ4n) is 3.30. The van der Waals surface area contributed by atoms with Crippen LogP contribution in [0.4, 0.5) is 13.2 Å². The molecule has 5 heteroatoms. The van der Waals surface area contributed by atoms with Gasteiger partial charge in [0.25, 0.3) is 0 Å². The second kappa shape index (κ2) is 7.47. The van der Waals surface area contributed by atoms with Crippen molar-refractivity contribution < 1.29 is 13.2 Å². The van der Waals surface area contributed by atoms with Gasteiger partial charge in [0.1, 0.15) is 0 Å². The lowest BCUT2D eigenvalue weighted by Gasteiger charge is -2.32. The highest BCUT2D eigenvalue weighted by Crippen LogP contribution is 2.27. The largest absolute Gasteiger partial charge is 0.309 e. The summed E-state index contributed by atoms with van der Waals surface area (Å²) in [5.74, 6) is -2.93. The molecule has 1 N–H and O–H groups in total. The molecule has 1 aliphatic rings. The molecule has 1 aromatic carbocycles. The van der Waals surface area contributed by atoms with E-state index in [1.54, 1.807) is 0 Å². The van der Waals surface area contributed by atoms with Crippen molar-refractivity contribution in [3.05, 3.63) is 35.1 Å². The Bertz CT molecular complexity index is 474. The average molecular weight is 314 g/mol. The van der Waals surface area contributed by atoms with E-state index in [-0.39, 0.29) is 6.04 Å². The first-order chi connectivity index (χ1) is 10.4. The summed E-state index contributed by atoms with van der Waals surface area (Å²) in [4.78, 5) is 2.21. The van der Waals surface area contributed by atoms with Crippen LogP contribution in [0.2, 0.25) is 0 Å². The first-order valence-corrected chi connectivity index (χ1v) is 7.92. The molecule has 2 rings (SSSR count). The van der Waals surface area contributed by atoms with Crippen LogP contribution in [-0.2, 0) is 0 Å². The third kappa shape index (κ3) is 4.46. The van der Waals surface area contributed by atoms with E-state index < -0.39 is 17.5 Å². The van der Waals surface area contributed by atoms with E-state index in [1.807, 2.05) is 6.92 Å². The normalized spacial score (nSPS) is 23.8. The molecular weight excluding hydrogens is 289 g/mol. The summed E-state index contributed by atoms with van der Waals surface area (Å²) in [5, 5.41) is 3.41. The number of nitrogens with zero attached hydrogens (tertiary/aromatic N) is 1. The minimum atomic E-state index is -1.40. The predicted octanol–water partition coefficient (Wildman–Crippen LogP) is 3.87. The lowest BCUT2D eigenvalue weighted by Crippen LogP contribution is -2.37. The number of hydrogen-bond donors (Lipinski definition) is 1. The summed E-state index contributed by atoms with van der Waals surface area (Å²) in [6, 6.07) is 2.31. The molecule has 2 nitrogen and oxygen atoms in total. The van der Waals surface area contributed by atoms with E-state index in [2.05, 4.69) is 24.3 Å². The van der Waals surface area contributed by atoms with Crippen LogP contribution in [0.1, 0.15) is 44.2 Å². The summed E-state index contributed by atoms with van der Waals surface area (Å²) in [6.45, 7) is 2.97. The lowest BCUT2D eigenvalue weighted by molar-refractivity contribution is 0.228. The minimum Gasteiger partial charge on any atom is -0.309 e. The fraction of sp³-hybridized carbons (Fsp3) is 0.647. The van der Waals surface area contributed by atoms with E-state index in [9.17, 15) is 13.2 Å². The number of benzene rings is 1. The van der Waals surface area contributed by atoms with Crippen LogP contribution in [0.5, 0.6) is 0 Å². The van der Waals surface area contributed by atoms with Gasteiger partial charge in [-0.05, 0) is 70.3 Å². The molecule has 1 aliphatic carbocycles. The third-order valence-electron chi connectivity index (χ3n) is 4.46. The molecule has 0 spiro atoms. The van der Waals surface area contributed by atoms with Crippen molar-refractivity contribution in [3.63, 3.8) is 0 Å². The van der Waals surface area contributed by atoms with Gasteiger partial charge in [-0.25, -0.2) is 13.2 Å². The SMILES string of the molecule is CC(NC1CCC(CN(C)C)CC1)c1cc(F)c(F)c(F)c1. The standard InChI is InChI=1S/C17H25F3N2/c1-11(13-8-15(18)17(20)16(19)9-13)21-14-6-4-12(5-7-14)10-22(2)3/h8-9,11-12,14,21H,4-7,10H2,1-3H3. The van der Waals surface area contributed by atoms with Gasteiger partial charge in [-0.3, -0.25) is 0 Å². The maximum Gasteiger partial charge on any atom is 0.194 e. The molecule has 1 unspecified atom stereocenters. The molecule has 0 bridgehead atoms. The van der Waals surface area contributed by atoms with Crippen LogP contribution in [0.25, 0.3) is 0 Å². The van der Waals surface area contributed by atoms with Crippen LogP contribution in [0.15, 0.2) is 12.1 Å². The van der Waals surface area contributed by atoms with Crippen molar-refractivity contribution in [2.75, 3.05) is 20.6 Å². The summed E-state index contributed by atoms with van der Waals surface area (Å²) >= 11 is 0. The Labute approximate surface area is 130 Å². The molecule has 0 aromatic heterocycles. The van der Waals surface area contributed by atoms with Crippen molar-refractivity contribution in [2.24, 2.45) is 5.92 Å². The van der Waals surface area contributed by atoms with E-state index in [0.29, 0.717) is 11.6 Å². The quantitative estimate of drug-likeness (QED) is 0.830. The predicted molar refractivity (Wildman–Crippen MR) is 82.2 cm³/mol. The van der Waals surface area contributed by atoms with Crippen molar-refractivity contribution in [2.45, 2.75) is 44.7 Å². The van der Waals surface area contributed by atoms with Crippen LogP contribution >= 0.6 is 0 Å². The number of hydrogen-bond acceptors (Lipinski definition) is 2. The van der Waals surface area contributed by atoms with E-state index in [4.69, 9.17) is 0 Å². The van der Waals surface area contributed by atoms with Gasteiger partial charge in [-0.15, -0.1) is 0 Å². The molecule has 124 valence electrons. The van der Waals surface area contributed by atoms with Crippen molar-refractivity contribution in [3.8, 4) is 0 Å². The maximum absolute atomic E-state index is 13.3. The van der Waals surface area contributed by atoms with Crippen molar-refractivity contribution >= 4 is 0 Å². The summed E-state index contributed by atoms with van der Waals surface area (Å²) in [6.07, 6.45) is 4.45. The molecule has 0 aliphatic heterocycles. The zero-order valence-corrected chi connectivity index (χ0v) is 13.5. The second-order valence-electron chi connectivity index (χ2n) is 6.67. The van der Waals surface area contributed by atoms with Gasteiger partial charge < -0.3 is 10.2 Å². The Morgan fingerprint density at radius 1 is 1.09 bits per heavy atom. The van der Waals surface area contributed by atoms with Crippen LogP contribution in [0.3, 0.4) is 0 Å². The first kappa shape index (κ1) is 17.3. The smallest absolute Gasteiger partial charge is 0.194 e. The minimum absolute atomic E-state index is 0.194. The summed E-state index contributed by atoms with van der Waals surface area (Å²) < 4.78 is 39.6. The van der Waals surface area contributed by atoms with Gasteiger partial charge in [0.05, 0.1) is 0 Å². The van der Waals surface area contributed by atoms with E-state index in [1.165, 1.54) is 0 Å². The van der Waals surface area contributed by atoms with Gasteiger partial charge in [0.2, 0.25) is 0 Å². The van der Waals surface area contributed by atoms with Gasteiger partial charge in [-0.2, -0.15) is 0 Å². The van der Waals surface area contributed by atoms with Gasteiger partial charge >= 0.3 is 0 Å². The zero-order chi connectivity index (χ0) is 16.3. The molecular formula is C17H25F3N2. The number of rotatable bonds is 5. The molecule has 1 saturated carbocycles. The monoisotopic (exact) mass is 314 g/mol. The highest BCUT2D eigenvalue weighted by molar-refractivity contribution is 5.22. The van der Waals surface area contributed by atoms with Crippen molar-refractivity contribution in [1.82, 2.24) is 10.2 Å². The van der Waals surface area contributed by atoms with Crippen molar-refractivity contribution in [1.29, 1.82) is 0 Å². The lowest BCUT2D eigenvalue weighted by atomic mass is 9.85. The number of halogens is 3. The van der Waals surface area contributed by atoms with Crippen LogP contribution in [-0.4, -0.2) is 31.6 Å². The van der Waals surface area contributed by atoms with Gasteiger partial charge in [-0.1, -0.05) is 0 Å². The summed E-state index contributed by atoms with van der Waals surface area (Å²) in [5.41, 5.74) is 0.451. The zero-order valence-electron chi connectivity index (χ0n) is 13.5. The molecule has 0 radical (unpaired) electrons. The molecule has 1 fully saturated rings. The summed E-state index contributed by atoms with van der Waals surface area (Å²) in [7, 11) is 4.17. The Hall–Kier alpha value is -1.07. The molecule has 1 atom stereocenters. The van der Waals surface area contributed by atoms with Crippen LogP contribution < -0.4 is 5.32 Å². The van der Waals surface area contributed by atoms with Gasteiger partial charge in [0, 0.05) is 18.6 Å². The second-order valence-corrected chi connectivity index (χ2v) is 6.67. The molecule has 1 aromatic rings. The average Bonchev–Trinajstić information content (AvgIpc) is 2.45. The third-order valence-corrected chi connectivity index (χ3v) is 4.46. The highest BCUT2D eigenvalue weighted by atomic mass is 19.2. The Kier molecular flexibility index (Phi) is 5.87. The number of nitrogens with one attached hydrogen (secondary N) is 1. The maximum atomic E-state index is 13.3. The Morgan fingerprint density at radius 2 is 1.64 bits per heavy atom. The highest BCUT2D eigenvalue weighted by Gasteiger charge is 2.23. The fourth-order valence-corrected chi connectivity index (χ4v) is 3.30. The molecule has 0 saturated heterocycles. The first-order valence-electron chi connectivity index (χ1n) is 7.92.